The number of imidazole rings is 1. The van der Waals surface area contributed by atoms with Gasteiger partial charge in [-0.2, -0.15) is 13.2 Å². The van der Waals surface area contributed by atoms with Crippen LogP contribution in [-0.4, -0.2) is 46.8 Å². The minimum atomic E-state index is -4.33. The van der Waals surface area contributed by atoms with Gasteiger partial charge in [0, 0.05) is 51.5 Å². The highest BCUT2D eigenvalue weighted by Crippen LogP contribution is 2.31. The molecule has 0 N–H and O–H groups in total. The highest BCUT2D eigenvalue weighted by atomic mass is 19.4. The Morgan fingerprint density at radius 2 is 1.55 bits per heavy atom. The lowest BCUT2D eigenvalue weighted by molar-refractivity contribution is -0.137. The number of hydrogen-bond acceptors (Lipinski definition) is 3. The van der Waals surface area contributed by atoms with E-state index in [1.54, 1.807) is 10.6 Å². The van der Waals surface area contributed by atoms with E-state index < -0.39 is 11.7 Å². The van der Waals surface area contributed by atoms with Crippen LogP contribution >= 0.6 is 0 Å². The van der Waals surface area contributed by atoms with Gasteiger partial charge in [-0.15, -0.1) is 0 Å². The van der Waals surface area contributed by atoms with Crippen molar-refractivity contribution in [2.45, 2.75) is 32.6 Å². The summed E-state index contributed by atoms with van der Waals surface area (Å²) >= 11 is 0. The van der Waals surface area contributed by atoms with Gasteiger partial charge >= 0.3 is 11.9 Å². The fourth-order valence-electron chi connectivity index (χ4n) is 4.36. The molecule has 1 fully saturated rings. The molecule has 0 atom stereocenters. The molecule has 2 heterocycles. The first-order valence-electron chi connectivity index (χ1n) is 11.4. The predicted octanol–water partition coefficient (Wildman–Crippen LogP) is 4.61. The smallest absolute Gasteiger partial charge is 0.369 e. The molecule has 4 rings (SSSR count). The van der Waals surface area contributed by atoms with Crippen LogP contribution in [-0.2, 0) is 19.3 Å². The van der Waals surface area contributed by atoms with Gasteiger partial charge in [0.2, 0.25) is 0 Å². The lowest BCUT2D eigenvalue weighted by Crippen LogP contribution is -2.46. The van der Waals surface area contributed by atoms with Crippen LogP contribution in [0.4, 0.5) is 18.9 Å². The molecule has 0 radical (unpaired) electrons. The van der Waals surface area contributed by atoms with Crippen LogP contribution in [0.15, 0.2) is 65.5 Å². The van der Waals surface area contributed by atoms with Crippen molar-refractivity contribution in [1.82, 2.24) is 14.0 Å². The Hall–Kier alpha value is -3.00. The summed E-state index contributed by atoms with van der Waals surface area (Å²) in [6, 6.07) is 13.4. The Morgan fingerprint density at radius 3 is 2.21 bits per heavy atom. The first-order chi connectivity index (χ1) is 15.9. The molecule has 2 aromatic carbocycles. The zero-order valence-electron chi connectivity index (χ0n) is 18.8. The Kier molecular flexibility index (Phi) is 6.93. The van der Waals surface area contributed by atoms with Crippen molar-refractivity contribution in [3.63, 3.8) is 0 Å². The minimum absolute atomic E-state index is 0.0115. The summed E-state index contributed by atoms with van der Waals surface area (Å²) in [5.74, 6) is 0. The molecule has 1 aromatic heterocycles. The molecule has 3 aromatic rings. The van der Waals surface area contributed by atoms with E-state index >= 15 is 0 Å². The number of piperazine rings is 1. The second-order valence-corrected chi connectivity index (χ2v) is 8.34. The van der Waals surface area contributed by atoms with E-state index in [2.05, 4.69) is 17.9 Å². The van der Waals surface area contributed by atoms with Crippen molar-refractivity contribution < 1.29 is 13.2 Å². The van der Waals surface area contributed by atoms with Crippen molar-refractivity contribution in [1.29, 1.82) is 0 Å². The number of anilines is 1. The fourth-order valence-corrected chi connectivity index (χ4v) is 4.36. The number of rotatable bonds is 7. The number of alkyl halides is 3. The number of allylic oxidation sites excluding steroid dienone is 1. The second-order valence-electron chi connectivity index (χ2n) is 8.34. The van der Waals surface area contributed by atoms with Crippen molar-refractivity contribution in [3.05, 3.63) is 76.7 Å². The summed E-state index contributed by atoms with van der Waals surface area (Å²) in [4.78, 5) is 17.1. The zero-order chi connectivity index (χ0) is 23.4. The van der Waals surface area contributed by atoms with Gasteiger partial charge in [-0.3, -0.25) is 14.0 Å². The number of aryl methyl sites for hydroxylation is 1. The fraction of sp³-hybridized carbons (Fsp3) is 0.400. The Labute approximate surface area is 191 Å². The number of benzene rings is 2. The van der Waals surface area contributed by atoms with Gasteiger partial charge in [-0.1, -0.05) is 37.3 Å². The standard InChI is InChI=1S/C25H29F3N4O/c1-2-12-31-22-10-3-4-11-23(22)32(24(31)33)14-6-5-13-29-15-17-30(18-16-29)21-9-7-8-20(19-21)25(26,27)28/h3-11,19H,2,12-18H2,1H3/b6-5-. The highest BCUT2D eigenvalue weighted by molar-refractivity contribution is 5.76. The number of aromatic nitrogens is 2. The van der Waals surface area contributed by atoms with Crippen LogP contribution in [0.1, 0.15) is 18.9 Å². The van der Waals surface area contributed by atoms with Gasteiger partial charge in [-0.25, -0.2) is 4.79 Å². The average Bonchev–Trinajstić information content (AvgIpc) is 3.08. The third-order valence-corrected chi connectivity index (χ3v) is 6.10. The third kappa shape index (κ3) is 5.16. The Morgan fingerprint density at radius 1 is 0.879 bits per heavy atom. The first-order valence-corrected chi connectivity index (χ1v) is 11.4. The van der Waals surface area contributed by atoms with Gasteiger partial charge in [0.05, 0.1) is 16.6 Å². The average molecular weight is 459 g/mol. The molecule has 1 aliphatic rings. The zero-order valence-corrected chi connectivity index (χ0v) is 18.8. The summed E-state index contributed by atoms with van der Waals surface area (Å²) in [6.07, 6.45) is 0.658. The number of nitrogens with zero attached hydrogens (tertiary/aromatic N) is 4. The normalized spacial score (nSPS) is 15.7. The monoisotopic (exact) mass is 458 g/mol. The van der Waals surface area contributed by atoms with Crippen LogP contribution in [0.2, 0.25) is 0 Å². The molecule has 1 saturated heterocycles. The maximum atomic E-state index is 13.0. The van der Waals surface area contributed by atoms with E-state index in [0.29, 0.717) is 31.9 Å². The van der Waals surface area contributed by atoms with Crippen LogP contribution < -0.4 is 10.6 Å². The molecule has 0 aliphatic carbocycles. The van der Waals surface area contributed by atoms with Crippen molar-refractivity contribution in [2.75, 3.05) is 37.6 Å². The van der Waals surface area contributed by atoms with E-state index in [1.165, 1.54) is 12.1 Å². The van der Waals surface area contributed by atoms with Gasteiger partial charge in [0.25, 0.3) is 0 Å². The molecular formula is C25H29F3N4O. The maximum absolute atomic E-state index is 13.0. The number of halogens is 3. The van der Waals surface area contributed by atoms with Crippen molar-refractivity contribution in [3.8, 4) is 0 Å². The predicted molar refractivity (Wildman–Crippen MR) is 126 cm³/mol. The Bertz CT molecular complexity index is 1170. The second kappa shape index (κ2) is 9.87. The molecule has 8 heteroatoms. The van der Waals surface area contributed by atoms with Crippen LogP contribution in [0.25, 0.3) is 11.0 Å². The summed E-state index contributed by atoms with van der Waals surface area (Å²) in [6.45, 7) is 6.93. The summed E-state index contributed by atoms with van der Waals surface area (Å²) in [5, 5.41) is 0. The SMILES string of the molecule is CCCn1c(=O)n(C/C=C\CN2CCN(c3cccc(C(F)(F)F)c3)CC2)c2ccccc21. The van der Waals surface area contributed by atoms with E-state index in [9.17, 15) is 18.0 Å². The molecule has 0 spiro atoms. The first kappa shape index (κ1) is 23.2. The number of fused-ring (bicyclic) bond motifs is 1. The molecule has 5 nitrogen and oxygen atoms in total. The van der Waals surface area contributed by atoms with Crippen molar-refractivity contribution >= 4 is 16.7 Å². The molecule has 0 bridgehead atoms. The number of para-hydroxylation sites is 2. The summed E-state index contributed by atoms with van der Waals surface area (Å²) in [7, 11) is 0. The molecule has 0 saturated carbocycles. The van der Waals surface area contributed by atoms with Crippen LogP contribution in [0.5, 0.6) is 0 Å². The Balaban J connectivity index is 1.33. The van der Waals surface area contributed by atoms with Gasteiger partial charge in [0.1, 0.15) is 0 Å². The lowest BCUT2D eigenvalue weighted by Gasteiger charge is -2.35. The van der Waals surface area contributed by atoms with Crippen molar-refractivity contribution in [2.24, 2.45) is 0 Å². The van der Waals surface area contributed by atoms with Gasteiger partial charge in [-0.05, 0) is 36.8 Å². The maximum Gasteiger partial charge on any atom is 0.416 e. The van der Waals surface area contributed by atoms with E-state index in [0.717, 1.165) is 43.2 Å². The van der Waals surface area contributed by atoms with Gasteiger partial charge in [0.15, 0.2) is 0 Å². The molecule has 0 amide bonds. The van der Waals surface area contributed by atoms with Crippen LogP contribution in [0, 0.1) is 0 Å². The molecular weight excluding hydrogens is 429 g/mol. The van der Waals surface area contributed by atoms with E-state index in [4.69, 9.17) is 0 Å². The van der Waals surface area contributed by atoms with E-state index in [1.807, 2.05) is 39.8 Å². The molecule has 1 aliphatic heterocycles. The number of hydrogen-bond donors (Lipinski definition) is 0. The van der Waals surface area contributed by atoms with Gasteiger partial charge < -0.3 is 4.90 Å². The third-order valence-electron chi connectivity index (χ3n) is 6.10. The summed E-state index contributed by atoms with van der Waals surface area (Å²) < 4.78 is 42.6. The minimum Gasteiger partial charge on any atom is -0.369 e. The molecule has 33 heavy (non-hydrogen) atoms. The topological polar surface area (TPSA) is 33.4 Å². The quantitative estimate of drug-likeness (QED) is 0.485. The van der Waals surface area contributed by atoms with Crippen LogP contribution in [0.3, 0.4) is 0 Å². The summed E-state index contributed by atoms with van der Waals surface area (Å²) in [5.41, 5.74) is 1.92. The highest BCUT2D eigenvalue weighted by Gasteiger charge is 2.31. The van der Waals surface area contributed by atoms with E-state index in [-0.39, 0.29) is 5.69 Å². The molecule has 176 valence electrons. The molecule has 0 unspecified atom stereocenters. The lowest BCUT2D eigenvalue weighted by atomic mass is 10.1. The largest absolute Gasteiger partial charge is 0.416 e.